The summed E-state index contributed by atoms with van der Waals surface area (Å²) < 4.78 is 5.99. The quantitative estimate of drug-likeness (QED) is 0.922. The van der Waals surface area contributed by atoms with Gasteiger partial charge in [-0.05, 0) is 69.3 Å². The summed E-state index contributed by atoms with van der Waals surface area (Å²) in [6, 6.07) is 6.44. The minimum absolute atomic E-state index is 0.292. The molecule has 2 aliphatic rings. The van der Waals surface area contributed by atoms with Crippen LogP contribution < -0.4 is 10.1 Å². The Labute approximate surface area is 128 Å². The van der Waals surface area contributed by atoms with Crippen molar-refractivity contribution in [2.75, 3.05) is 32.8 Å². The van der Waals surface area contributed by atoms with Crippen molar-refractivity contribution in [3.8, 4) is 5.75 Å². The normalized spacial score (nSPS) is 27.8. The van der Waals surface area contributed by atoms with E-state index in [2.05, 4.69) is 56.1 Å². The molecule has 1 aromatic rings. The SMILES string of the molecule is Cc1cc(C)cc(OCCN2CC3CNCC3C2(C)C)c1. The number of rotatable bonds is 4. The molecule has 2 heterocycles. The number of benzene rings is 1. The summed E-state index contributed by atoms with van der Waals surface area (Å²) in [7, 11) is 0. The van der Waals surface area contributed by atoms with Gasteiger partial charge in [-0.2, -0.15) is 0 Å². The molecule has 2 fully saturated rings. The molecule has 0 aliphatic carbocycles. The summed E-state index contributed by atoms with van der Waals surface area (Å²) in [6.45, 7) is 14.4. The van der Waals surface area contributed by atoms with Crippen LogP contribution in [0.25, 0.3) is 0 Å². The van der Waals surface area contributed by atoms with Crippen LogP contribution >= 0.6 is 0 Å². The molecule has 0 bridgehead atoms. The molecule has 2 unspecified atom stereocenters. The Morgan fingerprint density at radius 2 is 1.90 bits per heavy atom. The largest absolute Gasteiger partial charge is 0.492 e. The Hall–Kier alpha value is -1.06. The van der Waals surface area contributed by atoms with Crippen molar-refractivity contribution in [3.05, 3.63) is 29.3 Å². The first-order chi connectivity index (χ1) is 9.96. The van der Waals surface area contributed by atoms with Crippen LogP contribution in [-0.2, 0) is 0 Å². The molecular formula is C18H28N2O. The predicted molar refractivity (Wildman–Crippen MR) is 86.9 cm³/mol. The fourth-order valence-corrected chi connectivity index (χ4v) is 4.17. The van der Waals surface area contributed by atoms with Crippen molar-refractivity contribution in [1.29, 1.82) is 0 Å². The van der Waals surface area contributed by atoms with Gasteiger partial charge in [0, 0.05) is 25.2 Å². The smallest absolute Gasteiger partial charge is 0.119 e. The van der Waals surface area contributed by atoms with Crippen molar-refractivity contribution >= 4 is 0 Å². The highest BCUT2D eigenvalue weighted by molar-refractivity contribution is 5.32. The first kappa shape index (κ1) is 14.9. The van der Waals surface area contributed by atoms with Crippen molar-refractivity contribution in [2.45, 2.75) is 33.2 Å². The van der Waals surface area contributed by atoms with Gasteiger partial charge in [0.2, 0.25) is 0 Å². The Kier molecular flexibility index (Phi) is 3.98. The van der Waals surface area contributed by atoms with Gasteiger partial charge in [0.15, 0.2) is 0 Å². The molecule has 2 aliphatic heterocycles. The van der Waals surface area contributed by atoms with Crippen LogP contribution in [0.4, 0.5) is 0 Å². The third-order valence-electron chi connectivity index (χ3n) is 5.34. The number of ether oxygens (including phenoxy) is 1. The molecule has 0 radical (unpaired) electrons. The second-order valence-electron chi connectivity index (χ2n) is 7.30. The average molecular weight is 288 g/mol. The topological polar surface area (TPSA) is 24.5 Å². The Balaban J connectivity index is 1.56. The predicted octanol–water partition coefficient (Wildman–Crippen LogP) is 2.61. The van der Waals surface area contributed by atoms with Gasteiger partial charge >= 0.3 is 0 Å². The van der Waals surface area contributed by atoms with E-state index in [1.807, 2.05) is 0 Å². The number of nitrogens with one attached hydrogen (secondary N) is 1. The van der Waals surface area contributed by atoms with Gasteiger partial charge in [0.1, 0.15) is 12.4 Å². The highest BCUT2D eigenvalue weighted by Crippen LogP contribution is 2.40. The highest BCUT2D eigenvalue weighted by Gasteiger charge is 2.49. The molecule has 0 saturated carbocycles. The lowest BCUT2D eigenvalue weighted by molar-refractivity contribution is 0.117. The maximum atomic E-state index is 5.99. The number of aryl methyl sites for hydroxylation is 2. The summed E-state index contributed by atoms with van der Waals surface area (Å²) in [6.07, 6.45) is 0. The fourth-order valence-electron chi connectivity index (χ4n) is 4.17. The second-order valence-corrected chi connectivity index (χ2v) is 7.30. The van der Waals surface area contributed by atoms with Gasteiger partial charge < -0.3 is 10.1 Å². The average Bonchev–Trinajstić information content (AvgIpc) is 2.92. The van der Waals surface area contributed by atoms with E-state index in [1.54, 1.807) is 0 Å². The number of hydrogen-bond donors (Lipinski definition) is 1. The number of nitrogens with zero attached hydrogens (tertiary/aromatic N) is 1. The zero-order valence-electron chi connectivity index (χ0n) is 13.8. The van der Waals surface area contributed by atoms with Gasteiger partial charge in [-0.1, -0.05) is 6.07 Å². The van der Waals surface area contributed by atoms with Crippen molar-refractivity contribution in [2.24, 2.45) is 11.8 Å². The lowest BCUT2D eigenvalue weighted by Crippen LogP contribution is -2.46. The molecule has 1 N–H and O–H groups in total. The highest BCUT2D eigenvalue weighted by atomic mass is 16.5. The van der Waals surface area contributed by atoms with E-state index < -0.39 is 0 Å². The van der Waals surface area contributed by atoms with Crippen LogP contribution in [0.2, 0.25) is 0 Å². The van der Waals surface area contributed by atoms with Gasteiger partial charge in [0.25, 0.3) is 0 Å². The summed E-state index contributed by atoms with van der Waals surface area (Å²) in [5.41, 5.74) is 2.83. The number of hydrogen-bond acceptors (Lipinski definition) is 3. The lowest BCUT2D eigenvalue weighted by Gasteiger charge is -2.35. The third-order valence-corrected chi connectivity index (χ3v) is 5.34. The number of likely N-dealkylation sites (tertiary alicyclic amines) is 1. The zero-order valence-corrected chi connectivity index (χ0v) is 13.8. The van der Waals surface area contributed by atoms with Crippen LogP contribution in [0.15, 0.2) is 18.2 Å². The van der Waals surface area contributed by atoms with Gasteiger partial charge in [0.05, 0.1) is 0 Å². The Morgan fingerprint density at radius 1 is 1.19 bits per heavy atom. The van der Waals surface area contributed by atoms with Crippen molar-refractivity contribution < 1.29 is 4.74 Å². The van der Waals surface area contributed by atoms with Crippen molar-refractivity contribution in [3.63, 3.8) is 0 Å². The third kappa shape index (κ3) is 2.95. The minimum atomic E-state index is 0.292. The molecule has 0 spiro atoms. The van der Waals surface area contributed by atoms with E-state index in [1.165, 1.54) is 30.8 Å². The van der Waals surface area contributed by atoms with Gasteiger partial charge in [-0.3, -0.25) is 4.90 Å². The Morgan fingerprint density at radius 3 is 2.57 bits per heavy atom. The van der Waals surface area contributed by atoms with Crippen LogP contribution in [0.3, 0.4) is 0 Å². The fraction of sp³-hybridized carbons (Fsp3) is 0.667. The number of fused-ring (bicyclic) bond motifs is 1. The molecule has 1 aromatic carbocycles. The molecule has 3 heteroatoms. The van der Waals surface area contributed by atoms with E-state index in [-0.39, 0.29) is 0 Å². The molecule has 21 heavy (non-hydrogen) atoms. The van der Waals surface area contributed by atoms with E-state index in [0.29, 0.717) is 5.54 Å². The van der Waals surface area contributed by atoms with Crippen LogP contribution in [0, 0.1) is 25.7 Å². The molecule has 0 amide bonds. The van der Waals surface area contributed by atoms with Gasteiger partial charge in [-0.15, -0.1) is 0 Å². The first-order valence-electron chi connectivity index (χ1n) is 8.13. The monoisotopic (exact) mass is 288 g/mol. The summed E-state index contributed by atoms with van der Waals surface area (Å²) in [5.74, 6) is 2.62. The van der Waals surface area contributed by atoms with Crippen LogP contribution in [-0.4, -0.2) is 43.2 Å². The summed E-state index contributed by atoms with van der Waals surface area (Å²) in [4.78, 5) is 2.62. The molecule has 2 saturated heterocycles. The molecule has 116 valence electrons. The van der Waals surface area contributed by atoms with E-state index in [4.69, 9.17) is 4.74 Å². The van der Waals surface area contributed by atoms with E-state index in [0.717, 1.165) is 30.7 Å². The standard InChI is InChI=1S/C18H28N2O/c1-13-7-14(2)9-16(8-13)21-6-5-20-12-15-10-19-11-17(15)18(20,3)4/h7-9,15,17,19H,5-6,10-12H2,1-4H3. The minimum Gasteiger partial charge on any atom is -0.492 e. The first-order valence-corrected chi connectivity index (χ1v) is 8.13. The van der Waals surface area contributed by atoms with E-state index >= 15 is 0 Å². The maximum Gasteiger partial charge on any atom is 0.119 e. The molecule has 3 nitrogen and oxygen atoms in total. The molecule has 2 atom stereocenters. The van der Waals surface area contributed by atoms with Gasteiger partial charge in [-0.25, -0.2) is 0 Å². The second kappa shape index (κ2) is 5.62. The van der Waals surface area contributed by atoms with E-state index in [9.17, 15) is 0 Å². The van der Waals surface area contributed by atoms with Crippen LogP contribution in [0.1, 0.15) is 25.0 Å². The molecule has 3 rings (SSSR count). The lowest BCUT2D eigenvalue weighted by atomic mass is 9.85. The molecular weight excluding hydrogens is 260 g/mol. The Bertz CT molecular complexity index is 492. The van der Waals surface area contributed by atoms with Crippen LogP contribution in [0.5, 0.6) is 5.75 Å². The molecule has 0 aromatic heterocycles. The summed E-state index contributed by atoms with van der Waals surface area (Å²) in [5, 5.41) is 3.54. The summed E-state index contributed by atoms with van der Waals surface area (Å²) >= 11 is 0. The zero-order chi connectivity index (χ0) is 15.0. The van der Waals surface area contributed by atoms with Crippen molar-refractivity contribution in [1.82, 2.24) is 10.2 Å². The maximum absolute atomic E-state index is 5.99.